The molecular weight excluding hydrogens is 186 g/mol. The quantitative estimate of drug-likeness (QED) is 0.697. The Labute approximate surface area is 92.7 Å². The van der Waals surface area contributed by atoms with Crippen LogP contribution < -0.4 is 0 Å². The molecule has 0 radical (unpaired) electrons. The fraction of sp³-hybridized carbons (Fsp3) is 0.846. The molecule has 0 N–H and O–H groups in total. The van der Waals surface area contributed by atoms with E-state index in [0.29, 0.717) is 5.92 Å². The van der Waals surface area contributed by atoms with Gasteiger partial charge >= 0.3 is 0 Å². The highest BCUT2D eigenvalue weighted by molar-refractivity contribution is 5.78. The van der Waals surface area contributed by atoms with Gasteiger partial charge in [0, 0.05) is 11.8 Å². The van der Waals surface area contributed by atoms with E-state index in [-0.39, 0.29) is 17.6 Å². The first kappa shape index (κ1) is 12.2. The lowest BCUT2D eigenvalue weighted by Gasteiger charge is -2.29. The summed E-state index contributed by atoms with van der Waals surface area (Å²) in [5.41, 5.74) is 0. The molecule has 1 aliphatic rings. The van der Waals surface area contributed by atoms with E-state index in [1.54, 1.807) is 6.92 Å². The van der Waals surface area contributed by atoms with Crippen LogP contribution in [0.1, 0.15) is 52.4 Å². The lowest BCUT2D eigenvalue weighted by atomic mass is 9.74. The van der Waals surface area contributed by atoms with Gasteiger partial charge in [0.1, 0.15) is 5.78 Å². The SMILES string of the molecule is CC(=O)C1CCCCCCC1C(C)C#N. The van der Waals surface area contributed by atoms with Crippen molar-refractivity contribution in [3.8, 4) is 6.07 Å². The Balaban J connectivity index is 2.73. The molecule has 2 heteroatoms. The molecule has 1 rings (SSSR count). The van der Waals surface area contributed by atoms with Crippen LogP contribution in [0.4, 0.5) is 0 Å². The number of rotatable bonds is 2. The van der Waals surface area contributed by atoms with Crippen LogP contribution in [0.2, 0.25) is 0 Å². The summed E-state index contributed by atoms with van der Waals surface area (Å²) in [6.07, 6.45) is 6.89. The van der Waals surface area contributed by atoms with Crippen LogP contribution in [-0.2, 0) is 4.79 Å². The van der Waals surface area contributed by atoms with Crippen molar-refractivity contribution in [3.05, 3.63) is 0 Å². The standard InChI is InChI=1S/C13H21NO/c1-10(9-14)12-7-5-3-4-6-8-13(12)11(2)15/h10,12-13H,3-8H2,1-2H3. The average molecular weight is 207 g/mol. The Morgan fingerprint density at radius 3 is 2.40 bits per heavy atom. The molecule has 0 saturated heterocycles. The van der Waals surface area contributed by atoms with Crippen molar-refractivity contribution < 1.29 is 4.79 Å². The molecule has 0 aromatic heterocycles. The van der Waals surface area contributed by atoms with Gasteiger partial charge < -0.3 is 0 Å². The molecule has 0 spiro atoms. The topological polar surface area (TPSA) is 40.9 Å². The van der Waals surface area contributed by atoms with Gasteiger partial charge in [-0.1, -0.05) is 25.7 Å². The Bertz CT molecular complexity index is 254. The van der Waals surface area contributed by atoms with Crippen molar-refractivity contribution in [2.75, 3.05) is 0 Å². The maximum atomic E-state index is 11.6. The molecule has 1 aliphatic carbocycles. The number of hydrogen-bond acceptors (Lipinski definition) is 2. The van der Waals surface area contributed by atoms with Gasteiger partial charge in [-0.15, -0.1) is 0 Å². The molecule has 0 aromatic carbocycles. The second-order valence-corrected chi connectivity index (χ2v) is 4.79. The van der Waals surface area contributed by atoms with Gasteiger partial charge in [0.05, 0.1) is 6.07 Å². The van der Waals surface area contributed by atoms with Gasteiger partial charge in [0.25, 0.3) is 0 Å². The summed E-state index contributed by atoms with van der Waals surface area (Å²) >= 11 is 0. The normalized spacial score (nSPS) is 29.7. The van der Waals surface area contributed by atoms with Gasteiger partial charge in [0.2, 0.25) is 0 Å². The van der Waals surface area contributed by atoms with E-state index in [9.17, 15) is 4.79 Å². The molecule has 2 nitrogen and oxygen atoms in total. The third-order valence-electron chi connectivity index (χ3n) is 3.69. The van der Waals surface area contributed by atoms with Gasteiger partial charge in [-0.2, -0.15) is 5.26 Å². The smallest absolute Gasteiger partial charge is 0.133 e. The van der Waals surface area contributed by atoms with E-state index in [1.807, 2.05) is 6.92 Å². The summed E-state index contributed by atoms with van der Waals surface area (Å²) < 4.78 is 0. The van der Waals surface area contributed by atoms with Crippen molar-refractivity contribution in [1.29, 1.82) is 5.26 Å². The first-order valence-corrected chi connectivity index (χ1v) is 6.07. The van der Waals surface area contributed by atoms with Crippen molar-refractivity contribution in [1.82, 2.24) is 0 Å². The number of hydrogen-bond donors (Lipinski definition) is 0. The van der Waals surface area contributed by atoms with Crippen molar-refractivity contribution in [2.24, 2.45) is 17.8 Å². The minimum atomic E-state index is 0.0250. The van der Waals surface area contributed by atoms with Crippen LogP contribution >= 0.6 is 0 Å². The summed E-state index contributed by atoms with van der Waals surface area (Å²) in [6.45, 7) is 3.64. The second kappa shape index (κ2) is 5.90. The lowest BCUT2D eigenvalue weighted by molar-refractivity contribution is -0.123. The zero-order chi connectivity index (χ0) is 11.3. The first-order valence-electron chi connectivity index (χ1n) is 6.07. The van der Waals surface area contributed by atoms with Crippen LogP contribution in [0, 0.1) is 29.1 Å². The molecule has 1 saturated carbocycles. The van der Waals surface area contributed by atoms with Crippen molar-refractivity contribution in [3.63, 3.8) is 0 Å². The number of ketones is 1. The van der Waals surface area contributed by atoms with Crippen LogP contribution in [0.15, 0.2) is 0 Å². The predicted molar refractivity (Wildman–Crippen MR) is 60.1 cm³/mol. The van der Waals surface area contributed by atoms with Crippen LogP contribution in [0.5, 0.6) is 0 Å². The molecule has 0 aromatic rings. The van der Waals surface area contributed by atoms with Gasteiger partial charge in [-0.25, -0.2) is 0 Å². The number of nitriles is 1. The van der Waals surface area contributed by atoms with Gasteiger partial charge in [0.15, 0.2) is 0 Å². The van der Waals surface area contributed by atoms with Crippen LogP contribution in [-0.4, -0.2) is 5.78 Å². The monoisotopic (exact) mass is 207 g/mol. The molecule has 3 atom stereocenters. The molecule has 84 valence electrons. The Kier molecular flexibility index (Phi) is 4.81. The van der Waals surface area contributed by atoms with Crippen LogP contribution in [0.3, 0.4) is 0 Å². The summed E-state index contributed by atoms with van der Waals surface area (Å²) in [6, 6.07) is 2.32. The Morgan fingerprint density at radius 2 is 1.87 bits per heavy atom. The third kappa shape index (κ3) is 3.34. The maximum Gasteiger partial charge on any atom is 0.133 e. The lowest BCUT2D eigenvalue weighted by Crippen LogP contribution is -2.27. The van der Waals surface area contributed by atoms with Crippen molar-refractivity contribution >= 4 is 5.78 Å². The minimum absolute atomic E-state index is 0.0250. The van der Waals surface area contributed by atoms with Crippen LogP contribution in [0.25, 0.3) is 0 Å². The van der Waals surface area contributed by atoms with Gasteiger partial charge in [-0.3, -0.25) is 4.79 Å². The van der Waals surface area contributed by atoms with E-state index in [0.717, 1.165) is 19.3 Å². The Hall–Kier alpha value is -0.840. The van der Waals surface area contributed by atoms with E-state index in [2.05, 4.69) is 6.07 Å². The number of carbonyl (C=O) groups is 1. The molecule has 0 heterocycles. The zero-order valence-electron chi connectivity index (χ0n) is 9.83. The molecular formula is C13H21NO. The molecule has 1 fully saturated rings. The minimum Gasteiger partial charge on any atom is -0.300 e. The summed E-state index contributed by atoms with van der Waals surface area (Å²) in [7, 11) is 0. The number of carbonyl (C=O) groups excluding carboxylic acids is 1. The fourth-order valence-electron chi connectivity index (χ4n) is 2.71. The number of nitrogens with zero attached hydrogens (tertiary/aromatic N) is 1. The molecule has 0 bridgehead atoms. The number of Topliss-reactive ketones (excluding diaryl/α,β-unsaturated/α-hetero) is 1. The first-order chi connectivity index (χ1) is 7.16. The molecule has 3 unspecified atom stereocenters. The largest absolute Gasteiger partial charge is 0.300 e. The van der Waals surface area contributed by atoms with Crippen molar-refractivity contribution in [2.45, 2.75) is 52.4 Å². The summed E-state index contributed by atoms with van der Waals surface area (Å²) in [4.78, 5) is 11.6. The highest BCUT2D eigenvalue weighted by atomic mass is 16.1. The molecule has 0 amide bonds. The van der Waals surface area contributed by atoms with Gasteiger partial charge in [-0.05, 0) is 32.6 Å². The summed E-state index contributed by atoms with van der Waals surface area (Å²) in [5.74, 6) is 0.744. The fourth-order valence-corrected chi connectivity index (χ4v) is 2.71. The molecule has 0 aliphatic heterocycles. The zero-order valence-corrected chi connectivity index (χ0v) is 9.83. The second-order valence-electron chi connectivity index (χ2n) is 4.79. The third-order valence-corrected chi connectivity index (χ3v) is 3.69. The summed E-state index contributed by atoms with van der Waals surface area (Å²) in [5, 5.41) is 8.99. The maximum absolute atomic E-state index is 11.6. The Morgan fingerprint density at radius 1 is 1.27 bits per heavy atom. The predicted octanol–water partition coefficient (Wildman–Crippen LogP) is 3.32. The van der Waals surface area contributed by atoms with E-state index in [4.69, 9.17) is 5.26 Å². The van der Waals surface area contributed by atoms with E-state index >= 15 is 0 Å². The highest BCUT2D eigenvalue weighted by Gasteiger charge is 2.30. The van der Waals surface area contributed by atoms with E-state index in [1.165, 1.54) is 19.3 Å². The average Bonchev–Trinajstić information content (AvgIpc) is 2.16. The highest BCUT2D eigenvalue weighted by Crippen LogP contribution is 2.33. The van der Waals surface area contributed by atoms with E-state index < -0.39 is 0 Å². The molecule has 15 heavy (non-hydrogen) atoms.